The summed E-state index contributed by atoms with van der Waals surface area (Å²) in [5.41, 5.74) is 7.03. The number of piperidine rings is 1. The van der Waals surface area contributed by atoms with Crippen molar-refractivity contribution in [1.82, 2.24) is 4.90 Å². The third-order valence-corrected chi connectivity index (χ3v) is 4.48. The molecule has 0 saturated carbocycles. The van der Waals surface area contributed by atoms with Crippen LogP contribution in [0.4, 0.5) is 0 Å². The molecule has 1 aliphatic rings. The first-order valence-electron chi connectivity index (χ1n) is 6.26. The lowest BCUT2D eigenvalue weighted by atomic mass is 9.95. The molecule has 19 heavy (non-hydrogen) atoms. The van der Waals surface area contributed by atoms with Crippen LogP contribution in [-0.4, -0.2) is 36.1 Å². The highest BCUT2D eigenvalue weighted by atomic mass is 32.1. The molecule has 1 atom stereocenters. The van der Waals surface area contributed by atoms with Crippen LogP contribution in [0, 0.1) is 5.92 Å². The van der Waals surface area contributed by atoms with Gasteiger partial charge in [0.25, 0.3) is 0 Å². The lowest BCUT2D eigenvalue weighted by Gasteiger charge is -2.36. The minimum Gasteiger partial charge on any atom is -0.469 e. The van der Waals surface area contributed by atoms with Gasteiger partial charge in [0.05, 0.1) is 24.1 Å². The third-order valence-electron chi connectivity index (χ3n) is 3.56. The number of rotatable bonds is 4. The molecule has 2 rings (SSSR count). The minimum absolute atomic E-state index is 0.00993. The molecule has 104 valence electrons. The van der Waals surface area contributed by atoms with E-state index in [-0.39, 0.29) is 17.9 Å². The third kappa shape index (κ3) is 3.32. The van der Waals surface area contributed by atoms with Gasteiger partial charge in [0.1, 0.15) is 0 Å². The van der Waals surface area contributed by atoms with Crippen molar-refractivity contribution in [2.24, 2.45) is 11.7 Å². The molecule has 1 saturated heterocycles. The second-order valence-electron chi connectivity index (χ2n) is 4.69. The summed E-state index contributed by atoms with van der Waals surface area (Å²) in [7, 11) is 1.44. The second kappa shape index (κ2) is 6.45. The summed E-state index contributed by atoms with van der Waals surface area (Å²) < 4.78 is 4.80. The number of hydrogen-bond acceptors (Lipinski definition) is 5. The summed E-state index contributed by atoms with van der Waals surface area (Å²) in [5, 5.41) is 4.11. The fourth-order valence-corrected chi connectivity index (χ4v) is 3.51. The van der Waals surface area contributed by atoms with Crippen molar-refractivity contribution in [3.05, 3.63) is 22.4 Å². The first-order chi connectivity index (χ1) is 9.13. The van der Waals surface area contributed by atoms with Crippen LogP contribution in [0.25, 0.3) is 0 Å². The number of carbonyl (C=O) groups is 1. The van der Waals surface area contributed by atoms with Gasteiger partial charge in [-0.05, 0) is 48.3 Å². The summed E-state index contributed by atoms with van der Waals surface area (Å²) in [5.74, 6) is -0.0993. The quantitative estimate of drug-likeness (QED) is 0.680. The van der Waals surface area contributed by atoms with Crippen LogP contribution in [0.1, 0.15) is 24.4 Å². The van der Waals surface area contributed by atoms with Crippen LogP contribution in [0.15, 0.2) is 16.8 Å². The molecule has 0 aromatic carbocycles. The number of thiophene rings is 1. The molecular weight excluding hydrogens is 280 g/mol. The van der Waals surface area contributed by atoms with Gasteiger partial charge < -0.3 is 10.5 Å². The molecule has 1 aromatic heterocycles. The van der Waals surface area contributed by atoms with Gasteiger partial charge in [0, 0.05) is 0 Å². The van der Waals surface area contributed by atoms with Crippen LogP contribution in [0.2, 0.25) is 0 Å². The summed E-state index contributed by atoms with van der Waals surface area (Å²) in [6.45, 7) is 1.63. The van der Waals surface area contributed by atoms with Crippen molar-refractivity contribution in [1.29, 1.82) is 0 Å². The van der Waals surface area contributed by atoms with E-state index in [4.69, 9.17) is 22.7 Å². The number of esters is 1. The maximum Gasteiger partial charge on any atom is 0.308 e. The van der Waals surface area contributed by atoms with Gasteiger partial charge in [0.15, 0.2) is 0 Å². The van der Waals surface area contributed by atoms with Gasteiger partial charge in [-0.25, -0.2) is 0 Å². The zero-order valence-corrected chi connectivity index (χ0v) is 12.5. The van der Waals surface area contributed by atoms with Crippen LogP contribution in [0.3, 0.4) is 0 Å². The lowest BCUT2D eigenvalue weighted by molar-refractivity contribution is -0.147. The van der Waals surface area contributed by atoms with Crippen LogP contribution < -0.4 is 5.73 Å². The van der Waals surface area contributed by atoms with Crippen molar-refractivity contribution in [3.63, 3.8) is 0 Å². The smallest absolute Gasteiger partial charge is 0.308 e. The Bertz CT molecular complexity index is 440. The van der Waals surface area contributed by atoms with Crippen LogP contribution in [-0.2, 0) is 9.53 Å². The number of nitrogens with zero attached hydrogens (tertiary/aromatic N) is 1. The Morgan fingerprint density at radius 1 is 1.58 bits per heavy atom. The highest BCUT2D eigenvalue weighted by molar-refractivity contribution is 7.80. The highest BCUT2D eigenvalue weighted by Crippen LogP contribution is 2.28. The molecule has 2 N–H and O–H groups in total. The van der Waals surface area contributed by atoms with E-state index >= 15 is 0 Å². The maximum absolute atomic E-state index is 11.5. The maximum atomic E-state index is 11.5. The number of carbonyl (C=O) groups excluding carboxylic acids is 1. The Kier molecular flexibility index (Phi) is 4.90. The first kappa shape index (κ1) is 14.4. The van der Waals surface area contributed by atoms with Crippen molar-refractivity contribution in [3.8, 4) is 0 Å². The molecule has 2 heterocycles. The fourth-order valence-electron chi connectivity index (χ4n) is 2.55. The van der Waals surface area contributed by atoms with Gasteiger partial charge in [0.2, 0.25) is 0 Å². The average molecular weight is 298 g/mol. The lowest BCUT2D eigenvalue weighted by Crippen LogP contribution is -2.43. The van der Waals surface area contributed by atoms with Crippen molar-refractivity contribution < 1.29 is 9.53 Å². The summed E-state index contributed by atoms with van der Waals surface area (Å²) >= 11 is 6.84. The fraction of sp³-hybridized carbons (Fsp3) is 0.538. The van der Waals surface area contributed by atoms with Gasteiger partial charge in [-0.15, -0.1) is 0 Å². The first-order valence-corrected chi connectivity index (χ1v) is 7.62. The molecule has 1 unspecified atom stereocenters. The molecule has 0 radical (unpaired) electrons. The number of nitrogens with two attached hydrogens (primary N) is 1. The number of hydrogen-bond donors (Lipinski definition) is 1. The number of likely N-dealkylation sites (tertiary alicyclic amines) is 1. The Labute approximate surface area is 122 Å². The van der Waals surface area contributed by atoms with Crippen LogP contribution >= 0.6 is 23.6 Å². The summed E-state index contributed by atoms with van der Waals surface area (Å²) in [4.78, 5) is 14.3. The Morgan fingerprint density at radius 3 is 2.74 bits per heavy atom. The van der Waals surface area contributed by atoms with Gasteiger partial charge in [-0.1, -0.05) is 12.2 Å². The monoisotopic (exact) mass is 298 g/mol. The molecular formula is C13H18N2O2S2. The van der Waals surface area contributed by atoms with E-state index in [0.29, 0.717) is 4.99 Å². The number of ether oxygens (including phenoxy) is 1. The molecule has 0 bridgehead atoms. The molecule has 0 aliphatic carbocycles. The van der Waals surface area contributed by atoms with Gasteiger partial charge in [-0.3, -0.25) is 9.69 Å². The minimum atomic E-state index is -0.109. The van der Waals surface area contributed by atoms with Crippen molar-refractivity contribution >= 4 is 34.5 Å². The molecule has 1 aliphatic heterocycles. The largest absolute Gasteiger partial charge is 0.469 e. The standard InChI is InChI=1S/C13H18N2O2S2/c1-17-13(16)9-2-5-15(6-3-9)11(12(14)18)10-4-7-19-8-10/h4,7-9,11H,2-3,5-6H2,1H3,(H2,14,18). The predicted octanol–water partition coefficient (Wildman–Crippen LogP) is 1.96. The normalized spacial score (nSPS) is 19.0. The van der Waals surface area contributed by atoms with Crippen molar-refractivity contribution in [2.75, 3.05) is 20.2 Å². The molecule has 0 spiro atoms. The summed E-state index contributed by atoms with van der Waals surface area (Å²) in [6.07, 6.45) is 1.60. The Hall–Kier alpha value is -0.980. The van der Waals surface area contributed by atoms with Crippen LogP contribution in [0.5, 0.6) is 0 Å². The second-order valence-corrected chi connectivity index (χ2v) is 5.95. The SMILES string of the molecule is COC(=O)C1CCN(C(C(N)=S)c2ccsc2)CC1. The van der Waals surface area contributed by atoms with E-state index in [2.05, 4.69) is 16.3 Å². The summed E-state index contributed by atoms with van der Waals surface area (Å²) in [6, 6.07) is 2.04. The topological polar surface area (TPSA) is 55.6 Å². The van der Waals surface area contributed by atoms with Gasteiger partial charge >= 0.3 is 5.97 Å². The van der Waals surface area contributed by atoms with Crippen molar-refractivity contribution in [2.45, 2.75) is 18.9 Å². The molecule has 1 fully saturated rings. The van der Waals surface area contributed by atoms with E-state index in [1.54, 1.807) is 11.3 Å². The van der Waals surface area contributed by atoms with E-state index in [1.807, 2.05) is 5.38 Å². The Morgan fingerprint density at radius 2 is 2.26 bits per heavy atom. The van der Waals surface area contributed by atoms with Gasteiger partial charge in [-0.2, -0.15) is 11.3 Å². The average Bonchev–Trinajstić information content (AvgIpc) is 2.92. The predicted molar refractivity (Wildman–Crippen MR) is 80.2 cm³/mol. The molecule has 4 nitrogen and oxygen atoms in total. The highest BCUT2D eigenvalue weighted by Gasteiger charge is 2.31. The molecule has 6 heteroatoms. The number of methoxy groups -OCH3 is 1. The van der Waals surface area contributed by atoms with E-state index < -0.39 is 0 Å². The molecule has 1 aromatic rings. The number of thiocarbonyl (C=S) groups is 1. The zero-order chi connectivity index (χ0) is 13.8. The van der Waals surface area contributed by atoms with E-state index in [0.717, 1.165) is 31.5 Å². The van der Waals surface area contributed by atoms with E-state index in [1.165, 1.54) is 7.11 Å². The zero-order valence-electron chi connectivity index (χ0n) is 10.9. The Balaban J connectivity index is 2.02. The molecule has 0 amide bonds. The van der Waals surface area contributed by atoms with E-state index in [9.17, 15) is 4.79 Å².